The SMILES string of the molecule is CCCCCCCCC(C)OS(=O)(=O)[O-].[Na+]. The van der Waals surface area contributed by atoms with Gasteiger partial charge in [-0.3, -0.25) is 4.18 Å². The van der Waals surface area contributed by atoms with Crippen molar-refractivity contribution in [1.82, 2.24) is 0 Å². The zero-order valence-electron chi connectivity index (χ0n) is 10.6. The maximum Gasteiger partial charge on any atom is 1.00 e. The molecule has 16 heavy (non-hydrogen) atoms. The van der Waals surface area contributed by atoms with Crippen molar-refractivity contribution in [2.24, 2.45) is 0 Å². The van der Waals surface area contributed by atoms with Gasteiger partial charge in [0.2, 0.25) is 10.4 Å². The van der Waals surface area contributed by atoms with Crippen LogP contribution in [-0.4, -0.2) is 19.1 Å². The van der Waals surface area contributed by atoms with E-state index in [1.807, 2.05) is 0 Å². The van der Waals surface area contributed by atoms with Crippen LogP contribution in [0.2, 0.25) is 0 Å². The van der Waals surface area contributed by atoms with Crippen molar-refractivity contribution in [2.75, 3.05) is 0 Å². The first-order chi connectivity index (χ1) is 6.95. The third-order valence-corrected chi connectivity index (χ3v) is 2.81. The van der Waals surface area contributed by atoms with E-state index in [0.717, 1.165) is 12.8 Å². The molecule has 0 saturated carbocycles. The van der Waals surface area contributed by atoms with Crippen molar-refractivity contribution in [3.05, 3.63) is 0 Å². The molecule has 1 unspecified atom stereocenters. The van der Waals surface area contributed by atoms with Gasteiger partial charge in [-0.25, -0.2) is 8.42 Å². The fraction of sp³-hybridized carbons (Fsp3) is 1.00. The third-order valence-electron chi connectivity index (χ3n) is 2.25. The van der Waals surface area contributed by atoms with Crippen LogP contribution in [0.1, 0.15) is 58.8 Å². The van der Waals surface area contributed by atoms with Crippen LogP contribution in [0, 0.1) is 0 Å². The molecule has 0 bridgehead atoms. The van der Waals surface area contributed by atoms with Crippen molar-refractivity contribution in [2.45, 2.75) is 64.9 Å². The Bertz CT molecular complexity index is 241. The second-order valence-electron chi connectivity index (χ2n) is 3.87. The Morgan fingerprint density at radius 3 is 2.12 bits per heavy atom. The zero-order valence-corrected chi connectivity index (χ0v) is 13.4. The van der Waals surface area contributed by atoms with Crippen molar-refractivity contribution in [3.63, 3.8) is 0 Å². The van der Waals surface area contributed by atoms with Gasteiger partial charge in [0.05, 0.1) is 6.10 Å². The molecule has 0 radical (unpaired) electrons. The molecule has 0 aliphatic carbocycles. The van der Waals surface area contributed by atoms with Gasteiger partial charge >= 0.3 is 29.6 Å². The predicted molar refractivity (Wildman–Crippen MR) is 58.2 cm³/mol. The summed E-state index contributed by atoms with van der Waals surface area (Å²) in [5, 5.41) is 0. The second-order valence-corrected chi connectivity index (χ2v) is 4.88. The maximum absolute atomic E-state index is 10.2. The van der Waals surface area contributed by atoms with Crippen molar-refractivity contribution < 1.29 is 46.7 Å². The average molecular weight is 260 g/mol. The molecule has 0 aromatic carbocycles. The molecular formula is C10H21NaO4S. The Labute approximate surface area is 121 Å². The van der Waals surface area contributed by atoms with Crippen LogP contribution in [0.15, 0.2) is 0 Å². The molecule has 0 heterocycles. The summed E-state index contributed by atoms with van der Waals surface area (Å²) >= 11 is 0. The van der Waals surface area contributed by atoms with Gasteiger partial charge in [-0.05, 0) is 13.3 Å². The first-order valence-corrected chi connectivity index (χ1v) is 6.93. The van der Waals surface area contributed by atoms with Crippen LogP contribution in [0.4, 0.5) is 0 Å². The number of hydrogen-bond donors (Lipinski definition) is 0. The molecule has 4 nitrogen and oxygen atoms in total. The molecular weight excluding hydrogens is 239 g/mol. The molecule has 0 spiro atoms. The van der Waals surface area contributed by atoms with Gasteiger partial charge in [0.25, 0.3) is 0 Å². The van der Waals surface area contributed by atoms with E-state index in [9.17, 15) is 13.0 Å². The standard InChI is InChI=1S/C10H22O4S.Na/c1-3-4-5-6-7-8-9-10(2)14-15(11,12)13;/h10H,3-9H2,1-2H3,(H,11,12,13);/q;+1/p-1. The van der Waals surface area contributed by atoms with E-state index in [2.05, 4.69) is 11.1 Å². The first-order valence-electron chi connectivity index (χ1n) is 5.60. The molecule has 0 N–H and O–H groups in total. The summed E-state index contributed by atoms with van der Waals surface area (Å²) in [6.07, 6.45) is 7.00. The quantitative estimate of drug-likeness (QED) is 0.245. The normalized spacial score (nSPS) is 13.2. The summed E-state index contributed by atoms with van der Waals surface area (Å²) in [4.78, 5) is 0. The fourth-order valence-electron chi connectivity index (χ4n) is 1.46. The average Bonchev–Trinajstić information content (AvgIpc) is 2.08. The van der Waals surface area contributed by atoms with Crippen LogP contribution in [-0.2, 0) is 14.6 Å². The largest absolute Gasteiger partial charge is 1.00 e. The Kier molecular flexibility index (Phi) is 13.2. The summed E-state index contributed by atoms with van der Waals surface area (Å²) in [5.74, 6) is 0. The minimum atomic E-state index is -4.52. The summed E-state index contributed by atoms with van der Waals surface area (Å²) < 4.78 is 35.0. The number of rotatable bonds is 9. The molecule has 0 aliphatic heterocycles. The molecule has 0 saturated heterocycles. The van der Waals surface area contributed by atoms with E-state index in [1.165, 1.54) is 25.7 Å². The van der Waals surface area contributed by atoms with Gasteiger partial charge in [-0.2, -0.15) is 0 Å². The minimum Gasteiger partial charge on any atom is -0.726 e. The van der Waals surface area contributed by atoms with E-state index < -0.39 is 16.5 Å². The smallest absolute Gasteiger partial charge is 0.726 e. The fourth-order valence-corrected chi connectivity index (χ4v) is 1.96. The van der Waals surface area contributed by atoms with Crippen LogP contribution < -0.4 is 29.6 Å². The Hall–Kier alpha value is 0.870. The van der Waals surface area contributed by atoms with Crippen LogP contribution in [0.25, 0.3) is 0 Å². The molecule has 0 aromatic heterocycles. The molecule has 0 amide bonds. The maximum atomic E-state index is 10.2. The second kappa shape index (κ2) is 11.0. The summed E-state index contributed by atoms with van der Waals surface area (Å²) in [6.45, 7) is 3.77. The van der Waals surface area contributed by atoms with Gasteiger partial charge in [0, 0.05) is 0 Å². The van der Waals surface area contributed by atoms with E-state index in [4.69, 9.17) is 0 Å². The Morgan fingerprint density at radius 2 is 1.62 bits per heavy atom. The van der Waals surface area contributed by atoms with E-state index >= 15 is 0 Å². The van der Waals surface area contributed by atoms with Gasteiger partial charge in [-0.15, -0.1) is 0 Å². The van der Waals surface area contributed by atoms with E-state index in [-0.39, 0.29) is 29.6 Å². The number of unbranched alkanes of at least 4 members (excludes halogenated alkanes) is 5. The Morgan fingerprint density at radius 1 is 1.12 bits per heavy atom. The molecule has 1 atom stereocenters. The molecule has 6 heteroatoms. The third kappa shape index (κ3) is 14.9. The van der Waals surface area contributed by atoms with Crippen molar-refractivity contribution >= 4 is 10.4 Å². The van der Waals surface area contributed by atoms with Crippen LogP contribution >= 0.6 is 0 Å². The molecule has 0 aromatic rings. The first kappa shape index (κ1) is 19.2. The van der Waals surface area contributed by atoms with Gasteiger partial charge in [-0.1, -0.05) is 45.4 Å². The van der Waals surface area contributed by atoms with Gasteiger partial charge in [0.15, 0.2) is 0 Å². The van der Waals surface area contributed by atoms with Gasteiger partial charge < -0.3 is 4.55 Å². The summed E-state index contributed by atoms with van der Waals surface area (Å²) in [5.41, 5.74) is 0. The summed E-state index contributed by atoms with van der Waals surface area (Å²) in [6, 6.07) is 0. The minimum absolute atomic E-state index is 0. The topological polar surface area (TPSA) is 66.4 Å². The number of hydrogen-bond acceptors (Lipinski definition) is 4. The van der Waals surface area contributed by atoms with Crippen molar-refractivity contribution in [1.29, 1.82) is 0 Å². The Balaban J connectivity index is 0. The predicted octanol–water partition coefficient (Wildman–Crippen LogP) is -0.394. The van der Waals surface area contributed by atoms with E-state index in [1.54, 1.807) is 6.92 Å². The zero-order chi connectivity index (χ0) is 11.7. The monoisotopic (exact) mass is 260 g/mol. The van der Waals surface area contributed by atoms with Gasteiger partial charge in [0.1, 0.15) is 0 Å². The summed E-state index contributed by atoms with van der Waals surface area (Å²) in [7, 11) is -4.52. The van der Waals surface area contributed by atoms with E-state index in [0.29, 0.717) is 6.42 Å². The van der Waals surface area contributed by atoms with Crippen LogP contribution in [0.5, 0.6) is 0 Å². The molecule has 0 aliphatic rings. The van der Waals surface area contributed by atoms with Crippen molar-refractivity contribution in [3.8, 4) is 0 Å². The molecule has 92 valence electrons. The van der Waals surface area contributed by atoms with Crippen LogP contribution in [0.3, 0.4) is 0 Å². The molecule has 0 fully saturated rings. The molecule has 0 rings (SSSR count).